The van der Waals surface area contributed by atoms with Gasteiger partial charge in [0.1, 0.15) is 11.4 Å². The maximum Gasteiger partial charge on any atom is 0.275 e. The Labute approximate surface area is 138 Å². The first-order chi connectivity index (χ1) is 10.8. The molecule has 9 heteroatoms. The highest BCUT2D eigenvalue weighted by molar-refractivity contribution is 7.91. The lowest BCUT2D eigenvalue weighted by Gasteiger charge is -2.10. The van der Waals surface area contributed by atoms with Crippen molar-refractivity contribution in [3.05, 3.63) is 35.1 Å². The van der Waals surface area contributed by atoms with Crippen molar-refractivity contribution >= 4 is 33.0 Å². The summed E-state index contributed by atoms with van der Waals surface area (Å²) in [7, 11) is -3.45. The van der Waals surface area contributed by atoms with Gasteiger partial charge < -0.3 is 10.4 Å². The number of nitrogens with zero attached hydrogens (tertiary/aromatic N) is 2. The van der Waals surface area contributed by atoms with E-state index >= 15 is 0 Å². The number of hydrogen-bond acceptors (Lipinski definition) is 5. The third kappa shape index (κ3) is 3.48. The predicted molar refractivity (Wildman–Crippen MR) is 86.7 cm³/mol. The number of aromatic nitrogens is 2. The lowest BCUT2D eigenvalue weighted by molar-refractivity contribution is 0.101. The van der Waals surface area contributed by atoms with E-state index < -0.39 is 15.7 Å². The van der Waals surface area contributed by atoms with Gasteiger partial charge in [0.15, 0.2) is 9.84 Å². The third-order valence-corrected chi connectivity index (χ3v) is 5.27. The minimum absolute atomic E-state index is 0.00977. The minimum atomic E-state index is -3.45. The zero-order chi connectivity index (χ0) is 17.2. The third-order valence-electron chi connectivity index (χ3n) is 3.26. The number of nitrogens with one attached hydrogen (secondary N) is 1. The van der Waals surface area contributed by atoms with Crippen LogP contribution >= 0.6 is 11.6 Å². The van der Waals surface area contributed by atoms with E-state index in [2.05, 4.69) is 10.4 Å². The smallest absolute Gasteiger partial charge is 0.275 e. The van der Waals surface area contributed by atoms with Gasteiger partial charge in [-0.3, -0.25) is 9.48 Å². The molecule has 0 radical (unpaired) electrons. The molecule has 2 rings (SSSR count). The lowest BCUT2D eigenvalue weighted by atomic mass is 10.2. The van der Waals surface area contributed by atoms with Crippen LogP contribution in [0.5, 0.6) is 5.75 Å². The Morgan fingerprint density at radius 1 is 1.39 bits per heavy atom. The van der Waals surface area contributed by atoms with Crippen molar-refractivity contribution in [3.63, 3.8) is 0 Å². The Morgan fingerprint density at radius 2 is 2.09 bits per heavy atom. The van der Waals surface area contributed by atoms with E-state index in [0.29, 0.717) is 6.54 Å². The van der Waals surface area contributed by atoms with Crippen LogP contribution in [0.25, 0.3) is 0 Å². The van der Waals surface area contributed by atoms with Crippen LogP contribution in [0, 0.1) is 0 Å². The van der Waals surface area contributed by atoms with E-state index in [9.17, 15) is 18.3 Å². The molecule has 23 heavy (non-hydrogen) atoms. The van der Waals surface area contributed by atoms with Crippen molar-refractivity contribution in [2.45, 2.75) is 25.3 Å². The second kappa shape index (κ2) is 6.59. The van der Waals surface area contributed by atoms with Crippen molar-refractivity contribution in [3.8, 4) is 5.75 Å². The number of amides is 1. The molecule has 0 saturated carbocycles. The van der Waals surface area contributed by atoms with Crippen LogP contribution in [0.1, 0.15) is 24.3 Å². The number of hydrogen-bond donors (Lipinski definition) is 2. The quantitative estimate of drug-likeness (QED) is 0.799. The molecule has 1 aromatic heterocycles. The Bertz CT molecular complexity index is 846. The van der Waals surface area contributed by atoms with Gasteiger partial charge in [0, 0.05) is 6.54 Å². The molecule has 1 aromatic carbocycles. The number of carbonyl (C=O) groups is 1. The molecule has 0 fully saturated rings. The van der Waals surface area contributed by atoms with Crippen LogP contribution < -0.4 is 5.32 Å². The molecule has 0 aliphatic carbocycles. The molecule has 0 spiro atoms. The van der Waals surface area contributed by atoms with Gasteiger partial charge in [0.25, 0.3) is 5.91 Å². The van der Waals surface area contributed by atoms with Gasteiger partial charge in [0.2, 0.25) is 0 Å². The predicted octanol–water partition coefficient (Wildman–Crippen LogP) is 2.31. The first kappa shape index (κ1) is 17.3. The van der Waals surface area contributed by atoms with Gasteiger partial charge in [-0.05, 0) is 25.1 Å². The van der Waals surface area contributed by atoms with Crippen molar-refractivity contribution < 1.29 is 18.3 Å². The van der Waals surface area contributed by atoms with E-state index in [1.54, 1.807) is 6.92 Å². The molecule has 0 aliphatic heterocycles. The molecule has 0 aliphatic rings. The van der Waals surface area contributed by atoms with E-state index in [-0.39, 0.29) is 32.8 Å². The SMILES string of the molecule is CCn1ncc(Cl)c1C(=O)Nc1cc(S(=O)(=O)CC)ccc1O. The van der Waals surface area contributed by atoms with Crippen molar-refractivity contribution in [1.82, 2.24) is 9.78 Å². The molecular formula is C14H16ClN3O4S. The fraction of sp³-hybridized carbons (Fsp3) is 0.286. The molecule has 0 saturated heterocycles. The van der Waals surface area contributed by atoms with E-state index in [4.69, 9.17) is 11.6 Å². The highest BCUT2D eigenvalue weighted by Gasteiger charge is 2.20. The Morgan fingerprint density at radius 3 is 2.70 bits per heavy atom. The monoisotopic (exact) mass is 357 g/mol. The fourth-order valence-corrected chi connectivity index (χ4v) is 3.12. The van der Waals surface area contributed by atoms with Crippen molar-refractivity contribution in [1.29, 1.82) is 0 Å². The summed E-state index contributed by atoms with van der Waals surface area (Å²) in [6.07, 6.45) is 1.35. The molecule has 0 bridgehead atoms. The maximum absolute atomic E-state index is 12.3. The Balaban J connectivity index is 2.38. The summed E-state index contributed by atoms with van der Waals surface area (Å²) in [6.45, 7) is 3.75. The number of benzene rings is 1. The van der Waals surface area contributed by atoms with Gasteiger partial charge in [-0.2, -0.15) is 5.10 Å². The van der Waals surface area contributed by atoms with Gasteiger partial charge in [-0.1, -0.05) is 18.5 Å². The van der Waals surface area contributed by atoms with E-state index in [1.807, 2.05) is 0 Å². The summed E-state index contributed by atoms with van der Waals surface area (Å²) >= 11 is 5.95. The average molecular weight is 358 g/mol. The summed E-state index contributed by atoms with van der Waals surface area (Å²) in [4.78, 5) is 12.4. The average Bonchev–Trinajstić information content (AvgIpc) is 2.90. The number of carbonyl (C=O) groups excluding carboxylic acids is 1. The second-order valence-corrected chi connectivity index (χ2v) is 7.38. The summed E-state index contributed by atoms with van der Waals surface area (Å²) in [6, 6.07) is 3.72. The number of sulfone groups is 1. The number of phenols is 1. The highest BCUT2D eigenvalue weighted by Crippen LogP contribution is 2.28. The molecular weight excluding hydrogens is 342 g/mol. The topological polar surface area (TPSA) is 101 Å². The summed E-state index contributed by atoms with van der Waals surface area (Å²) in [5, 5.41) is 16.4. The lowest BCUT2D eigenvalue weighted by Crippen LogP contribution is -2.18. The van der Waals surface area contributed by atoms with E-state index in [1.165, 1.54) is 36.0 Å². The number of aromatic hydroxyl groups is 1. The number of halogens is 1. The Hall–Kier alpha value is -2.06. The summed E-state index contributed by atoms with van der Waals surface area (Å²) < 4.78 is 25.2. The standard InChI is InChI=1S/C14H16ClN3O4S/c1-3-18-13(10(15)8-16-18)14(20)17-11-7-9(5-6-12(11)19)23(21,22)4-2/h5-8,19H,3-4H2,1-2H3,(H,17,20). The summed E-state index contributed by atoms with van der Waals surface area (Å²) in [5.74, 6) is -0.914. The number of aryl methyl sites for hydroxylation is 1. The largest absolute Gasteiger partial charge is 0.506 e. The van der Waals surface area contributed by atoms with Crippen LogP contribution in [-0.4, -0.2) is 35.0 Å². The van der Waals surface area contributed by atoms with Gasteiger partial charge in [-0.25, -0.2) is 8.42 Å². The van der Waals surface area contributed by atoms with Crippen LogP contribution in [0.15, 0.2) is 29.3 Å². The van der Waals surface area contributed by atoms with Crippen LogP contribution in [-0.2, 0) is 16.4 Å². The summed E-state index contributed by atoms with van der Waals surface area (Å²) in [5.41, 5.74) is 0.127. The molecule has 2 N–H and O–H groups in total. The molecule has 1 amide bonds. The molecule has 2 aromatic rings. The van der Waals surface area contributed by atoms with Gasteiger partial charge in [0.05, 0.1) is 27.6 Å². The van der Waals surface area contributed by atoms with Crippen molar-refractivity contribution in [2.75, 3.05) is 11.1 Å². The van der Waals surface area contributed by atoms with Gasteiger partial charge >= 0.3 is 0 Å². The molecule has 7 nitrogen and oxygen atoms in total. The molecule has 0 atom stereocenters. The minimum Gasteiger partial charge on any atom is -0.506 e. The maximum atomic E-state index is 12.3. The van der Waals surface area contributed by atoms with E-state index in [0.717, 1.165) is 0 Å². The highest BCUT2D eigenvalue weighted by atomic mass is 35.5. The number of rotatable bonds is 5. The van der Waals surface area contributed by atoms with Crippen LogP contribution in [0.4, 0.5) is 5.69 Å². The number of phenolic OH excluding ortho intramolecular Hbond substituents is 1. The normalized spacial score (nSPS) is 11.4. The van der Waals surface area contributed by atoms with Crippen LogP contribution in [0.2, 0.25) is 5.02 Å². The second-order valence-electron chi connectivity index (χ2n) is 4.69. The van der Waals surface area contributed by atoms with Crippen molar-refractivity contribution in [2.24, 2.45) is 0 Å². The molecule has 124 valence electrons. The number of anilines is 1. The fourth-order valence-electron chi connectivity index (χ4n) is 1.98. The molecule has 1 heterocycles. The van der Waals surface area contributed by atoms with Crippen LogP contribution in [0.3, 0.4) is 0 Å². The zero-order valence-corrected chi connectivity index (χ0v) is 14.1. The van der Waals surface area contributed by atoms with Gasteiger partial charge in [-0.15, -0.1) is 0 Å². The first-order valence-electron chi connectivity index (χ1n) is 6.88. The first-order valence-corrected chi connectivity index (χ1v) is 8.91. The Kier molecular flexibility index (Phi) is 4.96. The zero-order valence-electron chi connectivity index (χ0n) is 12.6. The molecule has 0 unspecified atom stereocenters.